The van der Waals surface area contributed by atoms with Gasteiger partial charge in [0.05, 0.1) is 6.04 Å². The van der Waals surface area contributed by atoms with E-state index in [2.05, 4.69) is 21.5 Å². The number of rotatable bonds is 5. The van der Waals surface area contributed by atoms with Gasteiger partial charge >= 0.3 is 0 Å². The summed E-state index contributed by atoms with van der Waals surface area (Å²) in [5.74, 6) is 2.54. The maximum atomic E-state index is 12.0. The minimum Gasteiger partial charge on any atom is -0.382 e. The zero-order chi connectivity index (χ0) is 13.8. The van der Waals surface area contributed by atoms with Crippen LogP contribution in [0.5, 0.6) is 0 Å². The van der Waals surface area contributed by atoms with Gasteiger partial charge in [0.1, 0.15) is 10.7 Å². The molecule has 0 radical (unpaired) electrons. The van der Waals surface area contributed by atoms with E-state index in [0.717, 1.165) is 12.8 Å². The van der Waals surface area contributed by atoms with Crippen molar-refractivity contribution in [3.8, 4) is 12.3 Å². The lowest BCUT2D eigenvalue weighted by Gasteiger charge is -2.25. The first kappa shape index (κ1) is 13.7. The van der Waals surface area contributed by atoms with Gasteiger partial charge in [-0.2, -0.15) is 0 Å². The summed E-state index contributed by atoms with van der Waals surface area (Å²) in [7, 11) is 0. The normalized spacial score (nSPS) is 16.2. The first-order valence-electron chi connectivity index (χ1n) is 6.43. The quantitative estimate of drug-likeness (QED) is 0.718. The largest absolute Gasteiger partial charge is 0.382 e. The first-order valence-corrected chi connectivity index (χ1v) is 7.25. The molecule has 0 saturated heterocycles. The summed E-state index contributed by atoms with van der Waals surface area (Å²) in [5, 5.41) is 6.75. The van der Waals surface area contributed by atoms with Crippen molar-refractivity contribution in [3.05, 3.63) is 4.88 Å². The Morgan fingerprint density at radius 2 is 2.42 bits per heavy atom. The van der Waals surface area contributed by atoms with Crippen molar-refractivity contribution in [1.82, 2.24) is 10.3 Å². The molecule has 19 heavy (non-hydrogen) atoms. The average Bonchev–Trinajstić information content (AvgIpc) is 2.72. The summed E-state index contributed by atoms with van der Waals surface area (Å²) in [6, 6.07) is 0.201. The summed E-state index contributed by atoms with van der Waals surface area (Å²) >= 11 is 1.28. The van der Waals surface area contributed by atoms with E-state index in [1.165, 1.54) is 17.8 Å². The highest BCUT2D eigenvalue weighted by Gasteiger charge is 2.22. The number of hydrogen-bond acceptors (Lipinski definition) is 5. The molecule has 1 heterocycles. The highest BCUT2D eigenvalue weighted by molar-refractivity contribution is 7.18. The molecule has 1 unspecified atom stereocenters. The van der Waals surface area contributed by atoms with Gasteiger partial charge in [-0.1, -0.05) is 24.2 Å². The molecule has 6 heteroatoms. The Hall–Kier alpha value is -1.74. The van der Waals surface area contributed by atoms with Crippen LogP contribution in [0.2, 0.25) is 0 Å². The number of hydrogen-bond donors (Lipinski definition) is 3. The van der Waals surface area contributed by atoms with Gasteiger partial charge in [-0.25, -0.2) is 4.98 Å². The van der Waals surface area contributed by atoms with E-state index in [0.29, 0.717) is 22.5 Å². The third-order valence-electron chi connectivity index (χ3n) is 3.21. The van der Waals surface area contributed by atoms with E-state index in [1.54, 1.807) is 0 Å². The summed E-state index contributed by atoms with van der Waals surface area (Å²) in [4.78, 5) is 16.6. The number of thiazole rings is 1. The van der Waals surface area contributed by atoms with Gasteiger partial charge in [0, 0.05) is 6.04 Å². The topological polar surface area (TPSA) is 80.0 Å². The lowest BCUT2D eigenvalue weighted by Crippen LogP contribution is -2.33. The maximum Gasteiger partial charge on any atom is 0.266 e. The second-order valence-electron chi connectivity index (χ2n) is 4.61. The number of amides is 1. The van der Waals surface area contributed by atoms with E-state index < -0.39 is 0 Å². The number of nitrogens with zero attached hydrogens (tertiary/aromatic N) is 1. The van der Waals surface area contributed by atoms with Gasteiger partial charge in [0.15, 0.2) is 5.13 Å². The number of nitrogens with one attached hydrogen (secondary N) is 2. The zero-order valence-electron chi connectivity index (χ0n) is 10.9. The minimum absolute atomic E-state index is 0.249. The van der Waals surface area contributed by atoms with Crippen LogP contribution >= 0.6 is 11.3 Å². The third kappa shape index (κ3) is 3.18. The van der Waals surface area contributed by atoms with Crippen molar-refractivity contribution in [2.45, 2.75) is 44.7 Å². The number of anilines is 2. The van der Waals surface area contributed by atoms with Crippen molar-refractivity contribution in [2.24, 2.45) is 0 Å². The Kier molecular flexibility index (Phi) is 4.27. The fourth-order valence-electron chi connectivity index (χ4n) is 1.77. The molecular formula is C13H18N4OS. The number of carbonyl (C=O) groups is 1. The Morgan fingerprint density at radius 3 is 2.95 bits per heavy atom. The molecule has 102 valence electrons. The molecule has 1 aliphatic rings. The molecule has 1 fully saturated rings. The van der Waals surface area contributed by atoms with E-state index >= 15 is 0 Å². The highest BCUT2D eigenvalue weighted by atomic mass is 32.1. The zero-order valence-corrected chi connectivity index (χ0v) is 11.7. The number of aromatic nitrogens is 1. The molecule has 1 atom stereocenters. The highest BCUT2D eigenvalue weighted by Crippen LogP contribution is 2.29. The summed E-state index contributed by atoms with van der Waals surface area (Å²) < 4.78 is 0. The smallest absolute Gasteiger partial charge is 0.266 e. The van der Waals surface area contributed by atoms with Crippen molar-refractivity contribution in [3.63, 3.8) is 0 Å². The van der Waals surface area contributed by atoms with Crippen molar-refractivity contribution in [2.75, 3.05) is 11.1 Å². The SMILES string of the molecule is C#CC(CC)NC(=O)c1sc(NC2CCC2)nc1N. The maximum absolute atomic E-state index is 12.0. The monoisotopic (exact) mass is 278 g/mol. The van der Waals surface area contributed by atoms with E-state index in [4.69, 9.17) is 12.2 Å². The molecule has 5 nitrogen and oxygen atoms in total. The van der Waals surface area contributed by atoms with Crippen LogP contribution in [0.25, 0.3) is 0 Å². The fraction of sp³-hybridized carbons (Fsp3) is 0.538. The molecule has 2 rings (SSSR count). The standard InChI is InChI=1S/C13H18N4OS/c1-3-8(4-2)15-12(18)10-11(14)17-13(19-10)16-9-6-5-7-9/h1,8-9H,4-7,14H2,2H3,(H,15,18)(H,16,17). The number of nitrogens with two attached hydrogens (primary N) is 1. The molecule has 1 aliphatic carbocycles. The molecule has 0 bridgehead atoms. The Labute approximate surface area is 117 Å². The molecule has 0 aliphatic heterocycles. The van der Waals surface area contributed by atoms with Crippen molar-refractivity contribution >= 4 is 28.2 Å². The number of terminal acetylenes is 1. The van der Waals surface area contributed by atoms with Gasteiger partial charge in [-0.05, 0) is 25.7 Å². The molecular weight excluding hydrogens is 260 g/mol. The van der Waals surface area contributed by atoms with Gasteiger partial charge in [0.2, 0.25) is 0 Å². The van der Waals surface area contributed by atoms with Crippen molar-refractivity contribution in [1.29, 1.82) is 0 Å². The third-order valence-corrected chi connectivity index (χ3v) is 4.21. The van der Waals surface area contributed by atoms with Gasteiger partial charge in [-0.15, -0.1) is 6.42 Å². The second-order valence-corrected chi connectivity index (χ2v) is 5.61. The van der Waals surface area contributed by atoms with Crippen LogP contribution in [0.15, 0.2) is 0 Å². The summed E-state index contributed by atoms with van der Waals surface area (Å²) in [6.45, 7) is 1.92. The Bertz CT molecular complexity index is 501. The molecule has 1 aromatic heterocycles. The van der Waals surface area contributed by atoms with Gasteiger partial charge < -0.3 is 16.4 Å². The number of nitrogen functional groups attached to an aromatic ring is 1. The summed E-state index contributed by atoms with van der Waals surface area (Å²) in [5.41, 5.74) is 5.78. The molecule has 1 aromatic rings. The van der Waals surface area contributed by atoms with Crippen LogP contribution in [-0.4, -0.2) is 23.0 Å². The van der Waals surface area contributed by atoms with E-state index in [-0.39, 0.29) is 17.8 Å². The van der Waals surface area contributed by atoms with Gasteiger partial charge in [0.25, 0.3) is 5.91 Å². The molecule has 4 N–H and O–H groups in total. The minimum atomic E-state index is -0.267. The number of carbonyl (C=O) groups excluding carboxylic acids is 1. The lowest BCUT2D eigenvalue weighted by molar-refractivity contribution is 0.0950. The van der Waals surface area contributed by atoms with Crippen molar-refractivity contribution < 1.29 is 4.79 Å². The molecule has 0 aromatic carbocycles. The average molecular weight is 278 g/mol. The molecule has 1 saturated carbocycles. The Morgan fingerprint density at radius 1 is 1.68 bits per heavy atom. The van der Waals surface area contributed by atoms with Crippen LogP contribution in [0.3, 0.4) is 0 Å². The molecule has 0 spiro atoms. The predicted octanol–water partition coefficient (Wildman–Crippen LogP) is 1.83. The van der Waals surface area contributed by atoms with Gasteiger partial charge in [-0.3, -0.25) is 4.79 Å². The van der Waals surface area contributed by atoms with Crippen LogP contribution in [0.4, 0.5) is 10.9 Å². The fourth-order valence-corrected chi connectivity index (χ4v) is 2.63. The van der Waals surface area contributed by atoms with Crippen LogP contribution in [-0.2, 0) is 0 Å². The second kappa shape index (κ2) is 5.93. The molecule has 1 amide bonds. The first-order chi connectivity index (χ1) is 9.13. The van der Waals surface area contributed by atoms with Crippen LogP contribution in [0.1, 0.15) is 42.3 Å². The van der Waals surface area contributed by atoms with E-state index in [1.807, 2.05) is 6.92 Å². The van der Waals surface area contributed by atoms with Crippen LogP contribution in [0, 0.1) is 12.3 Å². The van der Waals surface area contributed by atoms with E-state index in [9.17, 15) is 4.79 Å². The Balaban J connectivity index is 2.02. The summed E-state index contributed by atoms with van der Waals surface area (Å²) in [6.07, 6.45) is 9.55. The lowest BCUT2D eigenvalue weighted by atomic mass is 9.93. The predicted molar refractivity (Wildman–Crippen MR) is 78.2 cm³/mol. The van der Waals surface area contributed by atoms with Crippen LogP contribution < -0.4 is 16.4 Å².